The van der Waals surface area contributed by atoms with Crippen LogP contribution in [-0.4, -0.2) is 12.3 Å². The highest BCUT2D eigenvalue weighted by atomic mass is 16.1. The van der Waals surface area contributed by atoms with E-state index in [-0.39, 0.29) is 11.3 Å². The maximum atomic E-state index is 11.7. The number of fused-ring (bicyclic) bond motifs is 1. The average molecular weight is 189 g/mol. The van der Waals surface area contributed by atoms with Crippen molar-refractivity contribution in [3.05, 3.63) is 34.9 Å². The highest BCUT2D eigenvalue weighted by Gasteiger charge is 2.30. The lowest BCUT2D eigenvalue weighted by atomic mass is 9.84. The smallest absolute Gasteiger partial charge is 0.176 e. The first-order valence-electron chi connectivity index (χ1n) is 4.90. The molecule has 1 aromatic carbocycles. The van der Waals surface area contributed by atoms with Crippen LogP contribution in [0.2, 0.25) is 0 Å². The Bertz CT molecular complexity index is 393. The summed E-state index contributed by atoms with van der Waals surface area (Å²) in [6.45, 7) is 6.67. The molecule has 14 heavy (non-hydrogen) atoms. The zero-order chi connectivity index (χ0) is 10.3. The van der Waals surface area contributed by atoms with E-state index in [1.807, 2.05) is 13.0 Å². The average Bonchev–Trinajstić information content (AvgIpc) is 2.12. The number of carbonyl (C=O) groups excluding carboxylic acids is 1. The van der Waals surface area contributed by atoms with Gasteiger partial charge < -0.3 is 5.32 Å². The molecule has 1 N–H and O–H groups in total. The van der Waals surface area contributed by atoms with Crippen molar-refractivity contribution in [1.29, 1.82) is 0 Å². The van der Waals surface area contributed by atoms with Crippen LogP contribution >= 0.6 is 0 Å². The maximum Gasteiger partial charge on any atom is 0.176 e. The van der Waals surface area contributed by atoms with Crippen molar-refractivity contribution >= 4 is 5.78 Å². The van der Waals surface area contributed by atoms with Crippen LogP contribution in [0.5, 0.6) is 0 Å². The number of Topliss-reactive ketones (excluding diaryl/α,β-unsaturated/α-hetero) is 1. The Hall–Kier alpha value is -1.15. The van der Waals surface area contributed by atoms with Gasteiger partial charge in [-0.05, 0) is 32.4 Å². The van der Waals surface area contributed by atoms with E-state index >= 15 is 0 Å². The number of ketones is 1. The lowest BCUT2D eigenvalue weighted by Crippen LogP contribution is -2.45. The molecule has 0 atom stereocenters. The van der Waals surface area contributed by atoms with Gasteiger partial charge >= 0.3 is 0 Å². The van der Waals surface area contributed by atoms with Crippen molar-refractivity contribution in [2.24, 2.45) is 0 Å². The second-order valence-electron chi connectivity index (χ2n) is 4.45. The molecule has 0 unspecified atom stereocenters. The number of carbonyl (C=O) groups is 1. The summed E-state index contributed by atoms with van der Waals surface area (Å²) in [5.41, 5.74) is 3.06. The minimum atomic E-state index is -0.0864. The van der Waals surface area contributed by atoms with Gasteiger partial charge in [0.2, 0.25) is 0 Å². The minimum absolute atomic E-state index is 0.0864. The molecule has 2 rings (SSSR count). The molecule has 1 aliphatic heterocycles. The van der Waals surface area contributed by atoms with E-state index in [2.05, 4.69) is 31.3 Å². The quantitative estimate of drug-likeness (QED) is 0.676. The van der Waals surface area contributed by atoms with Gasteiger partial charge in [0.05, 0.1) is 6.54 Å². The van der Waals surface area contributed by atoms with Crippen molar-refractivity contribution in [2.75, 3.05) is 6.54 Å². The van der Waals surface area contributed by atoms with Crippen molar-refractivity contribution in [3.8, 4) is 0 Å². The Morgan fingerprint density at radius 2 is 2.07 bits per heavy atom. The predicted octanol–water partition coefficient (Wildman–Crippen LogP) is 2.02. The molecule has 0 radical (unpaired) electrons. The van der Waals surface area contributed by atoms with Gasteiger partial charge in [0.15, 0.2) is 5.78 Å². The normalized spacial score (nSPS) is 19.2. The Balaban J connectivity index is 2.63. The lowest BCUT2D eigenvalue weighted by molar-refractivity contribution is 0.0962. The van der Waals surface area contributed by atoms with Crippen molar-refractivity contribution in [1.82, 2.24) is 5.32 Å². The van der Waals surface area contributed by atoms with Gasteiger partial charge in [-0.15, -0.1) is 0 Å². The molecule has 0 fully saturated rings. The van der Waals surface area contributed by atoms with E-state index in [9.17, 15) is 4.79 Å². The van der Waals surface area contributed by atoms with Gasteiger partial charge in [-0.2, -0.15) is 0 Å². The maximum absolute atomic E-state index is 11.7. The fourth-order valence-corrected chi connectivity index (χ4v) is 1.93. The van der Waals surface area contributed by atoms with E-state index < -0.39 is 0 Å². The summed E-state index contributed by atoms with van der Waals surface area (Å²) in [6, 6.07) is 6.09. The Labute approximate surface area is 84.3 Å². The molecule has 1 aromatic rings. The van der Waals surface area contributed by atoms with E-state index in [0.717, 1.165) is 16.7 Å². The number of aryl methyl sites for hydroxylation is 1. The van der Waals surface area contributed by atoms with Gasteiger partial charge in [0.1, 0.15) is 0 Å². The topological polar surface area (TPSA) is 29.1 Å². The van der Waals surface area contributed by atoms with Crippen LogP contribution in [0.3, 0.4) is 0 Å². The molecule has 0 aromatic heterocycles. The molecule has 1 aliphatic rings. The molecule has 2 nitrogen and oxygen atoms in total. The highest BCUT2D eigenvalue weighted by Crippen LogP contribution is 2.28. The second kappa shape index (κ2) is 2.92. The molecule has 1 heterocycles. The fourth-order valence-electron chi connectivity index (χ4n) is 1.93. The summed E-state index contributed by atoms with van der Waals surface area (Å²) < 4.78 is 0. The van der Waals surface area contributed by atoms with E-state index in [1.165, 1.54) is 0 Å². The molecular formula is C12H15NO. The number of hydrogen-bond acceptors (Lipinski definition) is 2. The van der Waals surface area contributed by atoms with Crippen LogP contribution < -0.4 is 5.32 Å². The molecule has 0 spiro atoms. The molecule has 74 valence electrons. The molecule has 2 heteroatoms. The number of nitrogens with one attached hydrogen (secondary N) is 1. The standard InChI is InChI=1S/C12H15NO/c1-8-4-5-10-9(6-8)11(14)7-13-12(10,2)3/h4-6,13H,7H2,1-3H3. The van der Waals surface area contributed by atoms with Crippen molar-refractivity contribution in [2.45, 2.75) is 26.3 Å². The third kappa shape index (κ3) is 1.36. The zero-order valence-corrected chi connectivity index (χ0v) is 8.85. The van der Waals surface area contributed by atoms with Crippen LogP contribution in [0.25, 0.3) is 0 Å². The molecular weight excluding hydrogens is 174 g/mol. The summed E-state index contributed by atoms with van der Waals surface area (Å²) >= 11 is 0. The van der Waals surface area contributed by atoms with E-state index in [4.69, 9.17) is 0 Å². The SMILES string of the molecule is Cc1ccc2c(c1)C(=O)CNC2(C)C. The zero-order valence-electron chi connectivity index (χ0n) is 8.85. The van der Waals surface area contributed by atoms with Gasteiger partial charge in [-0.25, -0.2) is 0 Å². The summed E-state index contributed by atoms with van der Waals surface area (Å²) in [5.74, 6) is 0.197. The minimum Gasteiger partial charge on any atom is -0.301 e. The largest absolute Gasteiger partial charge is 0.301 e. The summed E-state index contributed by atoms with van der Waals surface area (Å²) in [5, 5.41) is 3.23. The number of hydrogen-bond donors (Lipinski definition) is 1. The molecule has 0 saturated carbocycles. The molecule has 0 aliphatic carbocycles. The lowest BCUT2D eigenvalue weighted by Gasteiger charge is -2.33. The first-order chi connectivity index (χ1) is 6.50. The van der Waals surface area contributed by atoms with Crippen LogP contribution in [0.1, 0.15) is 35.3 Å². The van der Waals surface area contributed by atoms with Crippen LogP contribution in [-0.2, 0) is 5.54 Å². The third-order valence-corrected chi connectivity index (χ3v) is 2.84. The molecule has 0 saturated heterocycles. The summed E-state index contributed by atoms with van der Waals surface area (Å²) in [6.07, 6.45) is 0. The van der Waals surface area contributed by atoms with Crippen molar-refractivity contribution < 1.29 is 4.79 Å². The third-order valence-electron chi connectivity index (χ3n) is 2.84. The van der Waals surface area contributed by atoms with Gasteiger partial charge in [0, 0.05) is 11.1 Å². The first kappa shape index (κ1) is 9.41. The Morgan fingerprint density at radius 3 is 2.79 bits per heavy atom. The highest BCUT2D eigenvalue weighted by molar-refractivity contribution is 6.00. The first-order valence-corrected chi connectivity index (χ1v) is 4.90. The predicted molar refractivity (Wildman–Crippen MR) is 56.5 cm³/mol. The second-order valence-corrected chi connectivity index (χ2v) is 4.45. The van der Waals surface area contributed by atoms with Crippen molar-refractivity contribution in [3.63, 3.8) is 0 Å². The van der Waals surface area contributed by atoms with Crippen LogP contribution in [0, 0.1) is 6.92 Å². The Kier molecular flexibility index (Phi) is 1.96. The summed E-state index contributed by atoms with van der Waals surface area (Å²) in [7, 11) is 0. The van der Waals surface area contributed by atoms with Gasteiger partial charge in [0.25, 0.3) is 0 Å². The van der Waals surface area contributed by atoms with E-state index in [0.29, 0.717) is 6.54 Å². The van der Waals surface area contributed by atoms with E-state index in [1.54, 1.807) is 0 Å². The van der Waals surface area contributed by atoms with Gasteiger partial charge in [-0.3, -0.25) is 4.79 Å². The fraction of sp³-hybridized carbons (Fsp3) is 0.417. The monoisotopic (exact) mass is 189 g/mol. The number of rotatable bonds is 0. The Morgan fingerprint density at radius 1 is 1.36 bits per heavy atom. The molecule has 0 amide bonds. The molecule has 0 bridgehead atoms. The summed E-state index contributed by atoms with van der Waals surface area (Å²) in [4.78, 5) is 11.7. The van der Waals surface area contributed by atoms with Crippen LogP contribution in [0.15, 0.2) is 18.2 Å². The van der Waals surface area contributed by atoms with Gasteiger partial charge in [-0.1, -0.05) is 17.7 Å². The number of benzene rings is 1. The van der Waals surface area contributed by atoms with Crippen LogP contribution in [0.4, 0.5) is 0 Å².